The molecule has 13 heteroatoms. The minimum atomic E-state index is -1.43. The van der Waals surface area contributed by atoms with Crippen LogP contribution in [-0.2, 0) is 9.57 Å². The Morgan fingerprint density at radius 2 is 1.58 bits per heavy atom. The third-order valence-corrected chi connectivity index (χ3v) is 13.5. The van der Waals surface area contributed by atoms with E-state index >= 15 is 0 Å². The Labute approximate surface area is 393 Å². The van der Waals surface area contributed by atoms with Crippen molar-refractivity contribution >= 4 is 17.7 Å². The van der Waals surface area contributed by atoms with Gasteiger partial charge in [-0.3, -0.25) is 4.79 Å². The highest BCUT2D eigenvalue weighted by Crippen LogP contribution is 2.62. The van der Waals surface area contributed by atoms with Crippen molar-refractivity contribution in [1.29, 1.82) is 0 Å². The highest BCUT2D eigenvalue weighted by molar-refractivity contribution is 6.03. The molecule has 2 aliphatic heterocycles. The lowest BCUT2D eigenvalue weighted by atomic mass is 9.55. The number of ether oxygens (including phenoxy) is 5. The molecule has 2 aromatic rings. The molecule has 6 rings (SSSR count). The number of likely N-dealkylation sites (N-methyl/N-ethyl adjacent to an activating group) is 1. The summed E-state index contributed by atoms with van der Waals surface area (Å²) in [4.78, 5) is 36.0. The standard InChI is InChI=1S/C53H77N3O10/c1-7-9-10-11-12-13-14-15-16-19-28-54-51(60)64-39-25-27-44-42(34-39)48-40(23-18-21-30-58)37(22-17-20-29-57)32-41-43(55-66-52(3,4)5)35-47(53(65-44,49(41)48)63-31-8-2)56(6)50(59)38-24-26-45-46(33-38)62-36-61-45/h8,24-27,32-34,37,40,47-49,57-58H,2,7,9-23,28-31,35-36H2,1,3-6H3,(H,54,60). The fourth-order valence-electron chi connectivity index (χ4n) is 10.3. The van der Waals surface area contributed by atoms with Gasteiger partial charge in [0.2, 0.25) is 12.6 Å². The van der Waals surface area contributed by atoms with E-state index in [4.69, 9.17) is 33.7 Å². The molecule has 6 unspecified atom stereocenters. The summed E-state index contributed by atoms with van der Waals surface area (Å²) in [5.41, 5.74) is 2.29. The van der Waals surface area contributed by atoms with Crippen LogP contribution in [0.1, 0.15) is 159 Å². The Balaban J connectivity index is 1.37. The number of nitrogens with zero attached hydrogens (tertiary/aromatic N) is 2. The van der Waals surface area contributed by atoms with Crippen molar-refractivity contribution in [3.8, 4) is 23.0 Å². The number of aliphatic hydroxyl groups is 2. The number of oxime groups is 1. The van der Waals surface area contributed by atoms with Crippen LogP contribution in [0.25, 0.3) is 0 Å². The molecule has 2 aliphatic carbocycles. The fourth-order valence-corrected chi connectivity index (χ4v) is 10.3. The van der Waals surface area contributed by atoms with Gasteiger partial charge in [-0.05, 0) is 107 Å². The van der Waals surface area contributed by atoms with Gasteiger partial charge in [0.25, 0.3) is 5.91 Å². The van der Waals surface area contributed by atoms with E-state index in [0.29, 0.717) is 53.7 Å². The number of carbonyl (C=O) groups excluding carboxylic acids is 2. The average Bonchev–Trinajstić information content (AvgIpc) is 3.78. The average molecular weight is 916 g/mol. The SMILES string of the molecule is C=CCOC12Oc3ccc(OC(=O)NCCCCCCCCCCCC)cc3C3C(CCCCO)C(CCCCO)C=C(C(=NOC(C)(C)C)CC1N(C)C(=O)c1ccc4c(c1)OCO4)C32. The van der Waals surface area contributed by atoms with Crippen LogP contribution in [0.2, 0.25) is 0 Å². The van der Waals surface area contributed by atoms with Crippen molar-refractivity contribution < 1.29 is 48.3 Å². The van der Waals surface area contributed by atoms with Crippen LogP contribution in [-0.4, -0.2) is 90.5 Å². The normalized spacial score (nSPS) is 23.3. The van der Waals surface area contributed by atoms with E-state index in [2.05, 4.69) is 24.9 Å². The van der Waals surface area contributed by atoms with Gasteiger partial charge in [-0.1, -0.05) is 94.9 Å². The number of hydrogen-bond donors (Lipinski definition) is 3. The number of fused-ring (bicyclic) bond motifs is 3. The summed E-state index contributed by atoms with van der Waals surface area (Å²) in [6.07, 6.45) is 20.3. The van der Waals surface area contributed by atoms with E-state index in [-0.39, 0.29) is 56.7 Å². The van der Waals surface area contributed by atoms with Gasteiger partial charge in [-0.15, -0.1) is 6.58 Å². The number of benzene rings is 2. The number of amides is 2. The third-order valence-electron chi connectivity index (χ3n) is 13.5. The van der Waals surface area contributed by atoms with E-state index in [1.165, 1.54) is 44.9 Å². The highest BCUT2D eigenvalue weighted by atomic mass is 16.7. The molecule has 0 aromatic heterocycles. The number of unbranched alkanes of at least 4 members (excludes halogenated alkanes) is 11. The molecule has 0 radical (unpaired) electrons. The zero-order valence-electron chi connectivity index (χ0n) is 40.3. The summed E-state index contributed by atoms with van der Waals surface area (Å²) in [7, 11) is 1.77. The molecule has 1 saturated carbocycles. The Bertz CT molecular complexity index is 1980. The molecule has 6 atom stereocenters. The number of hydrogen-bond acceptors (Lipinski definition) is 11. The molecule has 4 aliphatic rings. The fraction of sp³-hybridized carbons (Fsp3) is 0.642. The number of nitrogens with one attached hydrogen (secondary N) is 1. The first kappa shape index (κ1) is 50.8. The lowest BCUT2D eigenvalue weighted by molar-refractivity contribution is -0.252. The molecule has 2 heterocycles. The van der Waals surface area contributed by atoms with Crippen LogP contribution in [0.5, 0.6) is 23.0 Å². The van der Waals surface area contributed by atoms with Crippen molar-refractivity contribution in [2.24, 2.45) is 22.9 Å². The maximum Gasteiger partial charge on any atom is 0.412 e. The topological polar surface area (TPSA) is 158 Å². The van der Waals surface area contributed by atoms with Gasteiger partial charge >= 0.3 is 6.09 Å². The molecule has 0 saturated heterocycles. The van der Waals surface area contributed by atoms with Gasteiger partial charge in [-0.2, -0.15) is 0 Å². The van der Waals surface area contributed by atoms with E-state index in [0.717, 1.165) is 56.1 Å². The van der Waals surface area contributed by atoms with Crippen LogP contribution in [0.4, 0.5) is 4.79 Å². The Morgan fingerprint density at radius 3 is 2.27 bits per heavy atom. The molecular formula is C53H77N3O10. The summed E-state index contributed by atoms with van der Waals surface area (Å²) in [6.45, 7) is 13.0. The maximum atomic E-state index is 14.7. The summed E-state index contributed by atoms with van der Waals surface area (Å²) in [6, 6.07) is 10.00. The number of rotatable bonds is 26. The quantitative estimate of drug-likeness (QED) is 0.0471. The van der Waals surface area contributed by atoms with Gasteiger partial charge in [0.1, 0.15) is 23.1 Å². The van der Waals surface area contributed by atoms with Crippen molar-refractivity contribution in [2.45, 2.75) is 160 Å². The summed E-state index contributed by atoms with van der Waals surface area (Å²) in [5.74, 6) is -0.371. The lowest BCUT2D eigenvalue weighted by Gasteiger charge is -2.59. The monoisotopic (exact) mass is 916 g/mol. The van der Waals surface area contributed by atoms with Gasteiger partial charge < -0.3 is 49.0 Å². The molecule has 0 spiro atoms. The molecule has 364 valence electrons. The van der Waals surface area contributed by atoms with E-state index < -0.39 is 29.4 Å². The maximum absolute atomic E-state index is 14.7. The summed E-state index contributed by atoms with van der Waals surface area (Å²) < 4.78 is 31.5. The van der Waals surface area contributed by atoms with Crippen LogP contribution < -0.4 is 24.3 Å². The minimum Gasteiger partial charge on any atom is -0.459 e. The predicted octanol–water partition coefficient (Wildman–Crippen LogP) is 10.6. The van der Waals surface area contributed by atoms with E-state index in [1.807, 2.05) is 32.9 Å². The lowest BCUT2D eigenvalue weighted by Crippen LogP contribution is -2.69. The molecule has 0 bridgehead atoms. The van der Waals surface area contributed by atoms with Crippen LogP contribution >= 0.6 is 0 Å². The second-order valence-corrected chi connectivity index (χ2v) is 19.5. The van der Waals surface area contributed by atoms with Gasteiger partial charge in [0.05, 0.1) is 18.2 Å². The minimum absolute atomic E-state index is 0.0113. The number of allylic oxidation sites excluding steroid dienone is 1. The predicted molar refractivity (Wildman–Crippen MR) is 256 cm³/mol. The largest absolute Gasteiger partial charge is 0.459 e. The van der Waals surface area contributed by atoms with Crippen molar-refractivity contribution in [3.05, 3.63) is 71.8 Å². The van der Waals surface area contributed by atoms with Crippen LogP contribution in [0, 0.1) is 17.8 Å². The van der Waals surface area contributed by atoms with Gasteiger partial charge in [-0.25, -0.2) is 4.79 Å². The molecule has 2 amide bonds. The second kappa shape index (κ2) is 24.4. The number of carbonyl (C=O) groups is 2. The Morgan fingerprint density at radius 1 is 0.894 bits per heavy atom. The molecule has 3 N–H and O–H groups in total. The summed E-state index contributed by atoms with van der Waals surface area (Å²) >= 11 is 0. The zero-order chi connectivity index (χ0) is 47.1. The molecule has 13 nitrogen and oxygen atoms in total. The van der Waals surface area contributed by atoms with Crippen LogP contribution in [0.3, 0.4) is 0 Å². The molecule has 1 fully saturated rings. The van der Waals surface area contributed by atoms with Crippen molar-refractivity contribution in [1.82, 2.24) is 10.2 Å². The van der Waals surface area contributed by atoms with E-state index in [9.17, 15) is 19.8 Å². The molecule has 2 aromatic carbocycles. The molecular weight excluding hydrogens is 839 g/mol. The Kier molecular flexibility index (Phi) is 18.8. The smallest absolute Gasteiger partial charge is 0.412 e. The first-order chi connectivity index (χ1) is 31.9. The summed E-state index contributed by atoms with van der Waals surface area (Å²) in [5, 5.41) is 27.7. The first-order valence-corrected chi connectivity index (χ1v) is 24.8. The van der Waals surface area contributed by atoms with Gasteiger partial charge in [0.15, 0.2) is 11.5 Å². The van der Waals surface area contributed by atoms with Gasteiger partial charge in [0, 0.05) is 50.3 Å². The van der Waals surface area contributed by atoms with Crippen molar-refractivity contribution in [2.75, 3.05) is 40.2 Å². The number of aliphatic hydroxyl groups excluding tert-OH is 2. The first-order valence-electron chi connectivity index (χ1n) is 24.8. The van der Waals surface area contributed by atoms with Crippen molar-refractivity contribution in [3.63, 3.8) is 0 Å². The second-order valence-electron chi connectivity index (χ2n) is 19.5. The Hall–Kier alpha value is -4.59. The third kappa shape index (κ3) is 12.7. The molecule has 66 heavy (non-hydrogen) atoms. The zero-order valence-corrected chi connectivity index (χ0v) is 40.3. The highest BCUT2D eigenvalue weighted by Gasteiger charge is 2.65. The van der Waals surface area contributed by atoms with E-state index in [1.54, 1.807) is 42.3 Å². The van der Waals surface area contributed by atoms with Crippen LogP contribution in [0.15, 0.2) is 65.9 Å².